The summed E-state index contributed by atoms with van der Waals surface area (Å²) in [5.74, 6) is 0.00343. The van der Waals surface area contributed by atoms with Crippen LogP contribution in [0.4, 0.5) is 5.69 Å². The molecule has 1 aliphatic rings. The van der Waals surface area contributed by atoms with Gasteiger partial charge in [0.15, 0.2) is 0 Å². The molecule has 3 nitrogen and oxygen atoms in total. The summed E-state index contributed by atoms with van der Waals surface area (Å²) < 4.78 is 0. The highest BCUT2D eigenvalue weighted by Crippen LogP contribution is 2.33. The van der Waals surface area contributed by atoms with Crippen molar-refractivity contribution in [2.45, 2.75) is 13.0 Å². The molecule has 0 spiro atoms. The van der Waals surface area contributed by atoms with Crippen LogP contribution in [0.25, 0.3) is 0 Å². The zero-order valence-corrected chi connectivity index (χ0v) is 7.53. The Labute approximate surface area is 77.1 Å². The maximum absolute atomic E-state index is 11.6. The number of carbonyl (C=O) groups is 1. The topological polar surface area (TPSA) is 46.3 Å². The third kappa shape index (κ3) is 1.04. The second-order valence-electron chi connectivity index (χ2n) is 3.12. The molecule has 0 aromatic heterocycles. The summed E-state index contributed by atoms with van der Waals surface area (Å²) in [6.45, 7) is 2.64. The number of fused-ring (bicyclic) bond motifs is 1. The number of nitrogens with zero attached hydrogens (tertiary/aromatic N) is 1. The molecule has 68 valence electrons. The Morgan fingerprint density at radius 2 is 2.15 bits per heavy atom. The van der Waals surface area contributed by atoms with Gasteiger partial charge in [-0.3, -0.25) is 4.79 Å². The molecule has 3 heteroatoms. The van der Waals surface area contributed by atoms with Crippen LogP contribution in [0.15, 0.2) is 24.3 Å². The van der Waals surface area contributed by atoms with Gasteiger partial charge in [0.25, 0.3) is 0 Å². The van der Waals surface area contributed by atoms with Gasteiger partial charge in [-0.2, -0.15) is 0 Å². The molecule has 0 aliphatic carbocycles. The number of rotatable bonds is 1. The standard InChI is InChI=1S/C10H12N2O/c1-2-12-8-6-4-3-5-7(8)9(11)10(12)13/h3-6,9H,2,11H2,1H3/t9-/m1/s1. The van der Waals surface area contributed by atoms with Gasteiger partial charge in [0, 0.05) is 17.8 Å². The van der Waals surface area contributed by atoms with E-state index < -0.39 is 6.04 Å². The molecule has 1 aliphatic heterocycles. The quantitative estimate of drug-likeness (QED) is 0.695. The van der Waals surface area contributed by atoms with E-state index in [9.17, 15) is 4.79 Å². The van der Waals surface area contributed by atoms with Gasteiger partial charge in [-0.05, 0) is 13.0 Å². The molecule has 2 rings (SSSR count). The smallest absolute Gasteiger partial charge is 0.248 e. The Hall–Kier alpha value is -1.35. The van der Waals surface area contributed by atoms with Crippen molar-refractivity contribution in [3.05, 3.63) is 29.8 Å². The van der Waals surface area contributed by atoms with Gasteiger partial charge in [0.05, 0.1) is 0 Å². The van der Waals surface area contributed by atoms with Crippen molar-refractivity contribution >= 4 is 11.6 Å². The number of amides is 1. The summed E-state index contributed by atoms with van der Waals surface area (Å²) in [4.78, 5) is 13.3. The van der Waals surface area contributed by atoms with Crippen LogP contribution < -0.4 is 10.6 Å². The van der Waals surface area contributed by atoms with Crippen molar-refractivity contribution in [3.8, 4) is 0 Å². The predicted molar refractivity (Wildman–Crippen MR) is 51.4 cm³/mol. The molecule has 0 radical (unpaired) electrons. The van der Waals surface area contributed by atoms with Crippen LogP contribution in [0.2, 0.25) is 0 Å². The Kier molecular flexibility index (Phi) is 1.81. The molecule has 0 fully saturated rings. The fourth-order valence-electron chi connectivity index (χ4n) is 1.74. The first-order chi connectivity index (χ1) is 6.25. The van der Waals surface area contributed by atoms with E-state index in [1.807, 2.05) is 31.2 Å². The fraction of sp³-hybridized carbons (Fsp3) is 0.300. The molecular formula is C10H12N2O. The number of likely N-dealkylation sites (N-methyl/N-ethyl adjacent to an activating group) is 1. The number of anilines is 1. The minimum Gasteiger partial charge on any atom is -0.316 e. The largest absolute Gasteiger partial charge is 0.316 e. The van der Waals surface area contributed by atoms with Gasteiger partial charge in [-0.15, -0.1) is 0 Å². The fourth-order valence-corrected chi connectivity index (χ4v) is 1.74. The summed E-state index contributed by atoms with van der Waals surface area (Å²) in [5.41, 5.74) is 7.66. The summed E-state index contributed by atoms with van der Waals surface area (Å²) in [7, 11) is 0. The van der Waals surface area contributed by atoms with Crippen LogP contribution in [-0.2, 0) is 4.79 Å². The molecule has 0 saturated heterocycles. The number of nitrogens with two attached hydrogens (primary N) is 1. The molecule has 1 amide bonds. The van der Waals surface area contributed by atoms with Gasteiger partial charge in [0.2, 0.25) is 5.91 Å². The van der Waals surface area contributed by atoms with Gasteiger partial charge in [-0.1, -0.05) is 18.2 Å². The van der Waals surface area contributed by atoms with Crippen LogP contribution in [0.5, 0.6) is 0 Å². The first kappa shape index (κ1) is 8.26. The monoisotopic (exact) mass is 176 g/mol. The molecular weight excluding hydrogens is 164 g/mol. The number of para-hydroxylation sites is 1. The van der Waals surface area contributed by atoms with E-state index in [-0.39, 0.29) is 5.91 Å². The molecule has 1 aromatic rings. The summed E-state index contributed by atoms with van der Waals surface area (Å²) in [6.07, 6.45) is 0. The minimum atomic E-state index is -0.462. The second kappa shape index (κ2) is 2.85. The Morgan fingerprint density at radius 1 is 1.46 bits per heavy atom. The molecule has 0 bridgehead atoms. The first-order valence-electron chi connectivity index (χ1n) is 4.41. The summed E-state index contributed by atoms with van der Waals surface area (Å²) in [5, 5.41) is 0. The van der Waals surface area contributed by atoms with Crippen molar-refractivity contribution in [2.24, 2.45) is 5.73 Å². The normalized spacial score (nSPS) is 20.6. The van der Waals surface area contributed by atoms with Crippen LogP contribution >= 0.6 is 0 Å². The molecule has 0 saturated carbocycles. The highest BCUT2D eigenvalue weighted by molar-refractivity contribution is 6.04. The van der Waals surface area contributed by atoms with Crippen molar-refractivity contribution < 1.29 is 4.79 Å². The zero-order chi connectivity index (χ0) is 9.42. The third-order valence-corrected chi connectivity index (χ3v) is 2.41. The van der Waals surface area contributed by atoms with E-state index in [1.54, 1.807) is 4.90 Å². The van der Waals surface area contributed by atoms with E-state index >= 15 is 0 Å². The van der Waals surface area contributed by atoms with Crippen LogP contribution in [0, 0.1) is 0 Å². The average Bonchev–Trinajstić information content (AvgIpc) is 2.41. The van der Waals surface area contributed by atoms with E-state index in [4.69, 9.17) is 5.73 Å². The lowest BCUT2D eigenvalue weighted by atomic mass is 10.1. The number of hydrogen-bond donors (Lipinski definition) is 1. The van der Waals surface area contributed by atoms with E-state index in [0.717, 1.165) is 11.3 Å². The molecule has 1 aromatic carbocycles. The maximum Gasteiger partial charge on any atom is 0.248 e. The molecule has 1 heterocycles. The molecule has 0 unspecified atom stereocenters. The van der Waals surface area contributed by atoms with Crippen molar-refractivity contribution in [2.75, 3.05) is 11.4 Å². The lowest BCUT2D eigenvalue weighted by Gasteiger charge is -2.13. The van der Waals surface area contributed by atoms with E-state index in [0.29, 0.717) is 6.54 Å². The second-order valence-corrected chi connectivity index (χ2v) is 3.12. The number of hydrogen-bond acceptors (Lipinski definition) is 2. The molecule has 13 heavy (non-hydrogen) atoms. The van der Waals surface area contributed by atoms with Gasteiger partial charge >= 0.3 is 0 Å². The zero-order valence-electron chi connectivity index (χ0n) is 7.53. The Balaban J connectivity index is 2.53. The lowest BCUT2D eigenvalue weighted by Crippen LogP contribution is -2.31. The van der Waals surface area contributed by atoms with Gasteiger partial charge < -0.3 is 10.6 Å². The van der Waals surface area contributed by atoms with Crippen LogP contribution in [0.1, 0.15) is 18.5 Å². The summed E-state index contributed by atoms with van der Waals surface area (Å²) in [6, 6.07) is 7.21. The number of carbonyl (C=O) groups excluding carboxylic acids is 1. The van der Waals surface area contributed by atoms with E-state index in [1.165, 1.54) is 0 Å². The van der Waals surface area contributed by atoms with Crippen molar-refractivity contribution in [1.82, 2.24) is 0 Å². The Bertz CT molecular complexity index is 349. The average molecular weight is 176 g/mol. The molecule has 2 N–H and O–H groups in total. The van der Waals surface area contributed by atoms with Crippen LogP contribution in [0.3, 0.4) is 0 Å². The minimum absolute atomic E-state index is 0.00343. The highest BCUT2D eigenvalue weighted by Gasteiger charge is 2.32. The van der Waals surface area contributed by atoms with Crippen molar-refractivity contribution in [1.29, 1.82) is 0 Å². The number of benzene rings is 1. The Morgan fingerprint density at radius 3 is 2.85 bits per heavy atom. The van der Waals surface area contributed by atoms with Crippen LogP contribution in [-0.4, -0.2) is 12.5 Å². The van der Waals surface area contributed by atoms with E-state index in [2.05, 4.69) is 0 Å². The highest BCUT2D eigenvalue weighted by atomic mass is 16.2. The predicted octanol–water partition coefficient (Wildman–Crippen LogP) is 1.05. The summed E-state index contributed by atoms with van der Waals surface area (Å²) >= 11 is 0. The van der Waals surface area contributed by atoms with Gasteiger partial charge in [-0.25, -0.2) is 0 Å². The molecule has 1 atom stereocenters. The maximum atomic E-state index is 11.6. The third-order valence-electron chi connectivity index (χ3n) is 2.41. The lowest BCUT2D eigenvalue weighted by molar-refractivity contribution is -0.119. The van der Waals surface area contributed by atoms with Crippen molar-refractivity contribution in [3.63, 3.8) is 0 Å². The first-order valence-corrected chi connectivity index (χ1v) is 4.41. The SMILES string of the molecule is CCN1C(=O)[C@H](N)c2ccccc21. The van der Waals surface area contributed by atoms with Gasteiger partial charge in [0.1, 0.15) is 6.04 Å².